The van der Waals surface area contributed by atoms with Crippen molar-refractivity contribution in [3.63, 3.8) is 0 Å². The lowest BCUT2D eigenvalue weighted by atomic mass is 10.1. The number of benzene rings is 1. The van der Waals surface area contributed by atoms with Crippen LogP contribution in [0.2, 0.25) is 0 Å². The van der Waals surface area contributed by atoms with Crippen LogP contribution in [0.25, 0.3) is 0 Å². The maximum Gasteiger partial charge on any atom is 0.351 e. The molecule has 0 aliphatic carbocycles. The van der Waals surface area contributed by atoms with Gasteiger partial charge in [0.25, 0.3) is 0 Å². The van der Waals surface area contributed by atoms with Crippen LogP contribution in [0, 0.1) is 0 Å². The first-order valence-electron chi connectivity index (χ1n) is 4.70. The topological polar surface area (TPSA) is 78.8 Å². The second-order valence-corrected chi connectivity index (χ2v) is 3.20. The summed E-state index contributed by atoms with van der Waals surface area (Å²) in [5.41, 5.74) is 2.88. The molecule has 16 heavy (non-hydrogen) atoms. The highest BCUT2D eigenvalue weighted by atomic mass is 16.4. The summed E-state index contributed by atoms with van der Waals surface area (Å²) in [6, 6.07) is 9.14. The van der Waals surface area contributed by atoms with Gasteiger partial charge in [0, 0.05) is 0 Å². The van der Waals surface area contributed by atoms with Crippen LogP contribution in [0.1, 0.15) is 12.5 Å². The van der Waals surface area contributed by atoms with E-state index in [0.717, 1.165) is 5.56 Å². The summed E-state index contributed by atoms with van der Waals surface area (Å²) in [6.07, 6.45) is 0.178. The number of carbonyl (C=O) groups excluding carboxylic acids is 1. The first-order chi connectivity index (χ1) is 7.59. The Balaban J connectivity index is 2.49. The summed E-state index contributed by atoms with van der Waals surface area (Å²) in [7, 11) is 0. The van der Waals surface area contributed by atoms with Crippen molar-refractivity contribution >= 4 is 17.6 Å². The Labute approximate surface area is 92.8 Å². The zero-order chi connectivity index (χ0) is 12.0. The van der Waals surface area contributed by atoms with E-state index in [4.69, 9.17) is 5.11 Å². The molecule has 0 atom stereocenters. The van der Waals surface area contributed by atoms with Crippen molar-refractivity contribution in [2.75, 3.05) is 0 Å². The highest BCUT2D eigenvalue weighted by molar-refractivity contribution is 6.34. The molecule has 5 nitrogen and oxygen atoms in total. The summed E-state index contributed by atoms with van der Waals surface area (Å²) in [5.74, 6) is -1.49. The number of nitrogens with zero attached hydrogens (tertiary/aromatic N) is 1. The molecule has 0 bridgehead atoms. The highest BCUT2D eigenvalue weighted by Gasteiger charge is 2.04. The molecular weight excluding hydrogens is 208 g/mol. The molecule has 84 valence electrons. The quantitative estimate of drug-likeness (QED) is 0.582. The van der Waals surface area contributed by atoms with Crippen LogP contribution in [-0.4, -0.2) is 22.7 Å². The van der Waals surface area contributed by atoms with E-state index in [1.54, 1.807) is 0 Å². The van der Waals surface area contributed by atoms with Crippen LogP contribution in [0.15, 0.2) is 35.4 Å². The smallest absolute Gasteiger partial charge is 0.351 e. The molecule has 0 aromatic heterocycles. The van der Waals surface area contributed by atoms with Crippen molar-refractivity contribution in [2.24, 2.45) is 5.10 Å². The summed E-state index contributed by atoms with van der Waals surface area (Å²) in [5, 5.41) is 11.9. The van der Waals surface area contributed by atoms with Crippen molar-refractivity contribution < 1.29 is 14.7 Å². The van der Waals surface area contributed by atoms with Gasteiger partial charge in [-0.25, -0.2) is 10.2 Å². The molecule has 2 N–H and O–H groups in total. The van der Waals surface area contributed by atoms with E-state index in [1.165, 1.54) is 6.92 Å². The Hall–Kier alpha value is -2.17. The lowest BCUT2D eigenvalue weighted by molar-refractivity contribution is -0.129. The first-order valence-corrected chi connectivity index (χ1v) is 4.70. The van der Waals surface area contributed by atoms with Crippen molar-refractivity contribution in [1.82, 2.24) is 5.43 Å². The summed E-state index contributed by atoms with van der Waals surface area (Å²) in [4.78, 5) is 21.7. The molecule has 0 heterocycles. The number of carboxylic acid groups (broad SMARTS) is 1. The van der Waals surface area contributed by atoms with Gasteiger partial charge in [-0.2, -0.15) is 5.10 Å². The third-order valence-corrected chi connectivity index (χ3v) is 1.87. The largest absolute Gasteiger partial charge is 0.477 e. The molecule has 0 aliphatic rings. The number of aliphatic carboxylic acids is 1. The van der Waals surface area contributed by atoms with Crippen molar-refractivity contribution in [1.29, 1.82) is 0 Å². The molecule has 1 aromatic rings. The third-order valence-electron chi connectivity index (χ3n) is 1.87. The Morgan fingerprint density at radius 1 is 1.31 bits per heavy atom. The number of hydrogen-bond donors (Lipinski definition) is 2. The monoisotopic (exact) mass is 220 g/mol. The van der Waals surface area contributed by atoms with Crippen LogP contribution >= 0.6 is 0 Å². The lowest BCUT2D eigenvalue weighted by Gasteiger charge is -2.00. The lowest BCUT2D eigenvalue weighted by Crippen LogP contribution is -2.23. The van der Waals surface area contributed by atoms with Crippen molar-refractivity contribution in [3.8, 4) is 0 Å². The van der Waals surface area contributed by atoms with Gasteiger partial charge in [0.2, 0.25) is 5.91 Å². The minimum absolute atomic E-state index is 0.151. The third kappa shape index (κ3) is 3.91. The summed E-state index contributed by atoms with van der Waals surface area (Å²) in [6.45, 7) is 1.31. The van der Waals surface area contributed by atoms with Gasteiger partial charge in [0.15, 0.2) is 0 Å². The first kappa shape index (κ1) is 11.9. The van der Waals surface area contributed by atoms with Gasteiger partial charge in [-0.05, 0) is 12.5 Å². The van der Waals surface area contributed by atoms with E-state index in [2.05, 4.69) is 10.5 Å². The van der Waals surface area contributed by atoms with Gasteiger partial charge in [-0.15, -0.1) is 0 Å². The van der Waals surface area contributed by atoms with E-state index in [0.29, 0.717) is 0 Å². The van der Waals surface area contributed by atoms with Gasteiger partial charge in [-0.1, -0.05) is 30.3 Å². The van der Waals surface area contributed by atoms with Crippen LogP contribution in [0.4, 0.5) is 0 Å². The number of amides is 1. The van der Waals surface area contributed by atoms with E-state index in [9.17, 15) is 9.59 Å². The van der Waals surface area contributed by atoms with Gasteiger partial charge in [0.05, 0.1) is 6.42 Å². The molecule has 0 fully saturated rings. The van der Waals surface area contributed by atoms with E-state index >= 15 is 0 Å². The van der Waals surface area contributed by atoms with E-state index in [1.807, 2.05) is 30.3 Å². The van der Waals surface area contributed by atoms with Gasteiger partial charge in [0.1, 0.15) is 5.71 Å². The Bertz CT molecular complexity index is 412. The second kappa shape index (κ2) is 5.65. The fourth-order valence-corrected chi connectivity index (χ4v) is 1.01. The summed E-state index contributed by atoms with van der Waals surface area (Å²) >= 11 is 0. The second-order valence-electron chi connectivity index (χ2n) is 3.20. The SMILES string of the molecule is C/C(=N\NC(=O)Cc1ccccc1)C(=O)O. The van der Waals surface area contributed by atoms with Crippen LogP contribution in [0.3, 0.4) is 0 Å². The molecule has 0 saturated heterocycles. The molecule has 5 heteroatoms. The van der Waals surface area contributed by atoms with Gasteiger partial charge in [-0.3, -0.25) is 4.79 Å². The zero-order valence-electron chi connectivity index (χ0n) is 8.80. The molecule has 1 rings (SSSR count). The van der Waals surface area contributed by atoms with Crippen LogP contribution in [-0.2, 0) is 16.0 Å². The molecule has 0 saturated carbocycles. The molecule has 0 spiro atoms. The van der Waals surface area contributed by atoms with Gasteiger partial charge >= 0.3 is 5.97 Å². The van der Waals surface area contributed by atoms with E-state index in [-0.39, 0.29) is 18.0 Å². The number of nitrogens with one attached hydrogen (secondary N) is 1. The molecule has 0 radical (unpaired) electrons. The maximum absolute atomic E-state index is 11.3. The zero-order valence-corrected chi connectivity index (χ0v) is 8.80. The fourth-order valence-electron chi connectivity index (χ4n) is 1.01. The summed E-state index contributed by atoms with van der Waals surface area (Å²) < 4.78 is 0. The molecule has 0 aliphatic heterocycles. The normalized spacial score (nSPS) is 10.9. The molecule has 0 unspecified atom stereocenters. The Kier molecular flexibility index (Phi) is 4.20. The number of rotatable bonds is 4. The van der Waals surface area contributed by atoms with E-state index < -0.39 is 5.97 Å². The molecule has 1 amide bonds. The van der Waals surface area contributed by atoms with Crippen molar-refractivity contribution in [2.45, 2.75) is 13.3 Å². The van der Waals surface area contributed by atoms with Crippen molar-refractivity contribution in [3.05, 3.63) is 35.9 Å². The predicted molar refractivity (Wildman–Crippen MR) is 59.0 cm³/mol. The van der Waals surface area contributed by atoms with Crippen LogP contribution < -0.4 is 5.43 Å². The number of carboxylic acids is 1. The maximum atomic E-state index is 11.3. The average Bonchev–Trinajstić information content (AvgIpc) is 2.27. The number of carbonyl (C=O) groups is 2. The molecular formula is C11H12N2O3. The minimum Gasteiger partial charge on any atom is -0.477 e. The van der Waals surface area contributed by atoms with Crippen LogP contribution in [0.5, 0.6) is 0 Å². The number of hydrogen-bond acceptors (Lipinski definition) is 3. The highest BCUT2D eigenvalue weighted by Crippen LogP contribution is 1.98. The van der Waals surface area contributed by atoms with Gasteiger partial charge < -0.3 is 5.11 Å². The Morgan fingerprint density at radius 2 is 1.94 bits per heavy atom. The predicted octanol–water partition coefficient (Wildman–Crippen LogP) is 0.806. The molecule has 1 aromatic carbocycles. The fraction of sp³-hybridized carbons (Fsp3) is 0.182. The number of hydrazone groups is 1. The average molecular weight is 220 g/mol. The standard InChI is InChI=1S/C11H12N2O3/c1-8(11(15)16)12-13-10(14)7-9-5-3-2-4-6-9/h2-6H,7H2,1H3,(H,13,14)(H,15,16)/b12-8+. The Morgan fingerprint density at radius 3 is 2.50 bits per heavy atom. The minimum atomic E-state index is -1.15.